The maximum Gasteiger partial charge on any atom is 0.246 e. The Labute approximate surface area is 89.9 Å². The maximum absolute atomic E-state index is 11.7. The lowest BCUT2D eigenvalue weighted by Crippen LogP contribution is -2.32. The number of rotatable bonds is 2. The lowest BCUT2D eigenvalue weighted by atomic mass is 10.0. The van der Waals surface area contributed by atoms with Gasteiger partial charge in [-0.05, 0) is 26.8 Å². The van der Waals surface area contributed by atoms with Gasteiger partial charge in [-0.2, -0.15) is 0 Å². The molecule has 1 aliphatic heterocycles. The summed E-state index contributed by atoms with van der Waals surface area (Å²) in [5, 5.41) is 6.14. The fourth-order valence-corrected chi connectivity index (χ4v) is 1.88. The van der Waals surface area contributed by atoms with Crippen LogP contribution in [0.4, 0.5) is 5.69 Å². The van der Waals surface area contributed by atoms with Crippen molar-refractivity contribution in [2.24, 2.45) is 0 Å². The Kier molecular flexibility index (Phi) is 2.49. The van der Waals surface area contributed by atoms with Crippen molar-refractivity contribution in [2.75, 3.05) is 5.32 Å². The topological polar surface area (TPSA) is 41.1 Å². The van der Waals surface area contributed by atoms with E-state index >= 15 is 0 Å². The average Bonchev–Trinajstić information content (AvgIpc) is 2.43. The molecule has 0 radical (unpaired) electrons. The second-order valence-corrected chi connectivity index (χ2v) is 4.33. The van der Waals surface area contributed by atoms with Crippen LogP contribution in [0.15, 0.2) is 18.2 Å². The van der Waals surface area contributed by atoms with Crippen molar-refractivity contribution in [1.29, 1.82) is 0 Å². The van der Waals surface area contributed by atoms with Crippen molar-refractivity contribution in [3.05, 3.63) is 29.3 Å². The summed E-state index contributed by atoms with van der Waals surface area (Å²) in [7, 11) is 0. The molecule has 2 rings (SSSR count). The van der Waals surface area contributed by atoms with Crippen LogP contribution in [0.1, 0.15) is 31.0 Å². The number of benzene rings is 1. The van der Waals surface area contributed by atoms with Crippen LogP contribution < -0.4 is 10.6 Å². The molecular weight excluding hydrogens is 188 g/mol. The van der Waals surface area contributed by atoms with E-state index in [2.05, 4.69) is 16.7 Å². The molecule has 0 fully saturated rings. The van der Waals surface area contributed by atoms with E-state index in [1.807, 2.05) is 32.9 Å². The molecule has 1 aliphatic rings. The highest BCUT2D eigenvalue weighted by molar-refractivity contribution is 6.02. The molecule has 0 saturated carbocycles. The molecule has 1 atom stereocenters. The van der Waals surface area contributed by atoms with Crippen LogP contribution in [0.2, 0.25) is 0 Å². The second kappa shape index (κ2) is 3.66. The Morgan fingerprint density at radius 3 is 2.80 bits per heavy atom. The number of nitrogens with one attached hydrogen (secondary N) is 2. The summed E-state index contributed by atoms with van der Waals surface area (Å²) in [6.07, 6.45) is 0. The molecule has 1 aromatic rings. The number of hydrogen-bond donors (Lipinski definition) is 2. The molecule has 1 heterocycles. The summed E-state index contributed by atoms with van der Waals surface area (Å²) < 4.78 is 0. The largest absolute Gasteiger partial charge is 0.324 e. The molecule has 0 saturated heterocycles. The molecule has 0 aliphatic carbocycles. The van der Waals surface area contributed by atoms with Crippen molar-refractivity contribution in [2.45, 2.75) is 32.9 Å². The van der Waals surface area contributed by atoms with Crippen molar-refractivity contribution in [1.82, 2.24) is 5.32 Å². The summed E-state index contributed by atoms with van der Waals surface area (Å²) >= 11 is 0. The quantitative estimate of drug-likeness (QED) is 0.773. The van der Waals surface area contributed by atoms with Gasteiger partial charge in [0, 0.05) is 17.3 Å². The molecule has 1 amide bonds. The second-order valence-electron chi connectivity index (χ2n) is 4.33. The number of hydrogen-bond acceptors (Lipinski definition) is 2. The highest BCUT2D eigenvalue weighted by Crippen LogP contribution is 2.31. The minimum absolute atomic E-state index is 0.0456. The third-order valence-corrected chi connectivity index (χ3v) is 2.54. The first-order valence-electron chi connectivity index (χ1n) is 5.25. The van der Waals surface area contributed by atoms with Gasteiger partial charge in [-0.3, -0.25) is 10.1 Å². The van der Waals surface area contributed by atoms with Gasteiger partial charge in [0.1, 0.15) is 6.04 Å². The molecule has 15 heavy (non-hydrogen) atoms. The van der Waals surface area contributed by atoms with Gasteiger partial charge < -0.3 is 5.32 Å². The first-order chi connectivity index (χ1) is 7.08. The zero-order chi connectivity index (χ0) is 11.0. The van der Waals surface area contributed by atoms with E-state index in [-0.39, 0.29) is 11.9 Å². The minimum Gasteiger partial charge on any atom is -0.324 e. The van der Waals surface area contributed by atoms with E-state index in [0.717, 1.165) is 11.3 Å². The minimum atomic E-state index is -0.195. The van der Waals surface area contributed by atoms with Gasteiger partial charge in [-0.25, -0.2) is 0 Å². The number of fused-ring (bicyclic) bond motifs is 1. The predicted octanol–water partition coefficient (Wildman–Crippen LogP) is 1.99. The molecule has 80 valence electrons. The van der Waals surface area contributed by atoms with Crippen molar-refractivity contribution >= 4 is 11.6 Å². The molecule has 1 unspecified atom stereocenters. The zero-order valence-electron chi connectivity index (χ0n) is 9.29. The summed E-state index contributed by atoms with van der Waals surface area (Å²) in [6, 6.07) is 6.14. The van der Waals surface area contributed by atoms with Crippen molar-refractivity contribution in [3.63, 3.8) is 0 Å². The molecule has 0 bridgehead atoms. The molecule has 3 heteroatoms. The maximum atomic E-state index is 11.7. The van der Waals surface area contributed by atoms with Gasteiger partial charge in [-0.1, -0.05) is 17.7 Å². The van der Waals surface area contributed by atoms with Crippen molar-refractivity contribution < 1.29 is 4.79 Å². The van der Waals surface area contributed by atoms with E-state index in [9.17, 15) is 4.79 Å². The number of carbonyl (C=O) groups excluding carboxylic acids is 1. The Bertz CT molecular complexity index is 399. The summed E-state index contributed by atoms with van der Waals surface area (Å²) in [6.45, 7) is 6.12. The summed E-state index contributed by atoms with van der Waals surface area (Å²) in [5.74, 6) is 0.0456. The van der Waals surface area contributed by atoms with E-state index in [1.54, 1.807) is 0 Å². The Balaban J connectivity index is 2.35. The third kappa shape index (κ3) is 1.88. The normalized spacial score (nSPS) is 19.2. The highest BCUT2D eigenvalue weighted by atomic mass is 16.2. The van der Waals surface area contributed by atoms with E-state index in [0.29, 0.717) is 6.04 Å². The number of carbonyl (C=O) groups is 1. The van der Waals surface area contributed by atoms with Crippen LogP contribution in [-0.4, -0.2) is 11.9 Å². The lowest BCUT2D eigenvalue weighted by molar-refractivity contribution is -0.117. The monoisotopic (exact) mass is 204 g/mol. The lowest BCUT2D eigenvalue weighted by Gasteiger charge is -2.14. The van der Waals surface area contributed by atoms with Gasteiger partial charge >= 0.3 is 0 Å². The SMILES string of the molecule is Cc1ccc2c(c1)C(NC(C)C)C(=O)N2. The molecule has 1 aromatic carbocycles. The first-order valence-corrected chi connectivity index (χ1v) is 5.25. The van der Waals surface area contributed by atoms with Gasteiger partial charge in [0.05, 0.1) is 0 Å². The molecular formula is C12H16N2O. The van der Waals surface area contributed by atoms with E-state index in [1.165, 1.54) is 5.56 Å². The molecule has 0 aromatic heterocycles. The highest BCUT2D eigenvalue weighted by Gasteiger charge is 2.30. The Hall–Kier alpha value is -1.35. The van der Waals surface area contributed by atoms with E-state index < -0.39 is 0 Å². The van der Waals surface area contributed by atoms with Crippen LogP contribution in [0.5, 0.6) is 0 Å². The zero-order valence-corrected chi connectivity index (χ0v) is 9.29. The predicted molar refractivity (Wildman–Crippen MR) is 60.8 cm³/mol. The van der Waals surface area contributed by atoms with Crippen LogP contribution in [0, 0.1) is 6.92 Å². The molecule has 0 spiro atoms. The molecule has 3 nitrogen and oxygen atoms in total. The fourth-order valence-electron chi connectivity index (χ4n) is 1.88. The van der Waals surface area contributed by atoms with Gasteiger partial charge in [-0.15, -0.1) is 0 Å². The van der Waals surface area contributed by atoms with Gasteiger partial charge in [0.25, 0.3) is 0 Å². The number of amides is 1. The summed E-state index contributed by atoms with van der Waals surface area (Å²) in [5.41, 5.74) is 3.18. The fraction of sp³-hybridized carbons (Fsp3) is 0.417. The van der Waals surface area contributed by atoms with Crippen LogP contribution in [-0.2, 0) is 4.79 Å². The standard InChI is InChI=1S/C12H16N2O/c1-7(2)13-11-9-6-8(3)4-5-10(9)14-12(11)15/h4-7,11,13H,1-3H3,(H,14,15). The van der Waals surface area contributed by atoms with Crippen LogP contribution in [0.25, 0.3) is 0 Å². The van der Waals surface area contributed by atoms with Crippen LogP contribution >= 0.6 is 0 Å². The number of anilines is 1. The van der Waals surface area contributed by atoms with Gasteiger partial charge in [0.15, 0.2) is 0 Å². The summed E-state index contributed by atoms with van der Waals surface area (Å²) in [4.78, 5) is 11.7. The van der Waals surface area contributed by atoms with E-state index in [4.69, 9.17) is 0 Å². The third-order valence-electron chi connectivity index (χ3n) is 2.54. The van der Waals surface area contributed by atoms with Crippen molar-refractivity contribution in [3.8, 4) is 0 Å². The molecule has 2 N–H and O–H groups in total. The average molecular weight is 204 g/mol. The number of aryl methyl sites for hydroxylation is 1. The first kappa shape index (κ1) is 10.2. The Morgan fingerprint density at radius 1 is 1.40 bits per heavy atom. The smallest absolute Gasteiger partial charge is 0.246 e. The van der Waals surface area contributed by atoms with Gasteiger partial charge in [0.2, 0.25) is 5.91 Å². The van der Waals surface area contributed by atoms with Crippen LogP contribution in [0.3, 0.4) is 0 Å². The Morgan fingerprint density at radius 2 is 2.13 bits per heavy atom.